The third kappa shape index (κ3) is 9.35. The molecule has 2 rings (SSSR count). The maximum atomic E-state index is 14.2. The fourth-order valence-corrected chi connectivity index (χ4v) is 4.35. The van der Waals surface area contributed by atoms with Crippen molar-refractivity contribution in [3.63, 3.8) is 0 Å². The molecule has 2 amide bonds. The summed E-state index contributed by atoms with van der Waals surface area (Å²) in [4.78, 5) is 27.3. The van der Waals surface area contributed by atoms with Crippen LogP contribution in [0.25, 0.3) is 0 Å². The number of hydrogen-bond donors (Lipinski definition) is 3. The minimum Gasteiger partial charge on any atom is -0.489 e. The van der Waals surface area contributed by atoms with Gasteiger partial charge in [-0.1, -0.05) is 63.2 Å². The molecule has 2 aromatic carbocycles. The molecule has 2 aromatic rings. The van der Waals surface area contributed by atoms with Crippen molar-refractivity contribution in [2.45, 2.75) is 98.1 Å². The van der Waals surface area contributed by atoms with Crippen LogP contribution < -0.4 is 20.7 Å². The first-order chi connectivity index (χ1) is 17.7. The van der Waals surface area contributed by atoms with Crippen LogP contribution in [0.15, 0.2) is 54.6 Å². The van der Waals surface area contributed by atoms with E-state index in [1.807, 2.05) is 103 Å². The van der Waals surface area contributed by atoms with Crippen LogP contribution in [0.2, 0.25) is 0 Å². The Bertz CT molecular complexity index is 1040. The van der Waals surface area contributed by atoms with Gasteiger partial charge in [0.05, 0.1) is 6.04 Å². The van der Waals surface area contributed by atoms with E-state index in [1.54, 1.807) is 0 Å². The van der Waals surface area contributed by atoms with E-state index in [0.29, 0.717) is 30.9 Å². The van der Waals surface area contributed by atoms with Crippen molar-refractivity contribution in [3.05, 3.63) is 65.7 Å². The maximum Gasteiger partial charge on any atom is 0.407 e. The van der Waals surface area contributed by atoms with Gasteiger partial charge >= 0.3 is 6.09 Å². The molecular weight excluding hydrogens is 478 g/mol. The number of likely N-dealkylation sites (N-methyl/N-ethyl adjacent to an activating group) is 1. The second kappa shape index (κ2) is 13.1. The molecule has 0 aliphatic rings. The summed E-state index contributed by atoms with van der Waals surface area (Å²) in [7, 11) is 0. The Balaban J connectivity index is 2.61. The van der Waals surface area contributed by atoms with Crippen molar-refractivity contribution in [1.29, 1.82) is 0 Å². The Morgan fingerprint density at radius 3 is 2.13 bits per heavy atom. The number of alkyl carbamates (subject to hydrolysis) is 1. The van der Waals surface area contributed by atoms with Crippen LogP contribution in [0.5, 0.6) is 5.75 Å². The summed E-state index contributed by atoms with van der Waals surface area (Å²) < 4.78 is 11.7. The number of carbonyl (C=O) groups is 2. The van der Waals surface area contributed by atoms with Gasteiger partial charge in [0.1, 0.15) is 23.5 Å². The molecule has 3 N–H and O–H groups in total. The zero-order valence-electron chi connectivity index (χ0n) is 24.6. The summed E-state index contributed by atoms with van der Waals surface area (Å²) in [5, 5.41) is 9.68. The Morgan fingerprint density at radius 1 is 0.921 bits per heavy atom. The van der Waals surface area contributed by atoms with Crippen LogP contribution in [-0.2, 0) is 21.7 Å². The number of nitrogens with one attached hydrogen (secondary N) is 3. The van der Waals surface area contributed by atoms with Gasteiger partial charge in [0, 0.05) is 5.54 Å². The lowest BCUT2D eigenvalue weighted by molar-refractivity contribution is -0.131. The van der Waals surface area contributed by atoms with Crippen LogP contribution in [0, 0.1) is 5.92 Å². The SMILES string of the molecule is CCNC(C(=O)NC(C)(C)C)(c1cccc(OCc2ccccc2)c1)C(CC(C)C)NC(=O)OC(C)(C)C. The van der Waals surface area contributed by atoms with Gasteiger partial charge in [-0.2, -0.15) is 0 Å². The molecule has 0 aliphatic carbocycles. The first kappa shape index (κ1) is 31.2. The van der Waals surface area contributed by atoms with Gasteiger partial charge in [0.15, 0.2) is 0 Å². The van der Waals surface area contributed by atoms with Crippen molar-refractivity contribution >= 4 is 12.0 Å². The molecule has 0 bridgehead atoms. The fraction of sp³-hybridized carbons (Fsp3) is 0.548. The highest BCUT2D eigenvalue weighted by molar-refractivity contribution is 5.90. The van der Waals surface area contributed by atoms with Gasteiger partial charge in [-0.05, 0) is 83.7 Å². The van der Waals surface area contributed by atoms with Crippen molar-refractivity contribution in [3.8, 4) is 5.75 Å². The molecule has 2 atom stereocenters. The minimum absolute atomic E-state index is 0.188. The predicted molar refractivity (Wildman–Crippen MR) is 153 cm³/mol. The lowest BCUT2D eigenvalue weighted by Crippen LogP contribution is -2.67. The summed E-state index contributed by atoms with van der Waals surface area (Å²) in [6.07, 6.45) is -0.0238. The summed E-state index contributed by atoms with van der Waals surface area (Å²) in [5.74, 6) is 0.597. The number of benzene rings is 2. The second-order valence-corrected chi connectivity index (χ2v) is 12.2. The number of ether oxygens (including phenoxy) is 2. The normalized spacial score (nSPS) is 14.4. The molecule has 2 unspecified atom stereocenters. The fourth-order valence-electron chi connectivity index (χ4n) is 4.35. The van der Waals surface area contributed by atoms with Crippen LogP contribution in [0.3, 0.4) is 0 Å². The molecule has 0 spiro atoms. The smallest absolute Gasteiger partial charge is 0.407 e. The van der Waals surface area contributed by atoms with E-state index in [0.717, 1.165) is 5.56 Å². The van der Waals surface area contributed by atoms with Gasteiger partial charge in [-0.15, -0.1) is 0 Å². The monoisotopic (exact) mass is 525 g/mol. The lowest BCUT2D eigenvalue weighted by Gasteiger charge is -2.43. The van der Waals surface area contributed by atoms with E-state index >= 15 is 0 Å². The van der Waals surface area contributed by atoms with E-state index in [9.17, 15) is 9.59 Å². The van der Waals surface area contributed by atoms with Crippen LogP contribution in [0.4, 0.5) is 4.79 Å². The number of amides is 2. The zero-order chi connectivity index (χ0) is 28.6. The Morgan fingerprint density at radius 2 is 1.58 bits per heavy atom. The lowest BCUT2D eigenvalue weighted by atomic mass is 9.77. The van der Waals surface area contributed by atoms with E-state index in [2.05, 4.69) is 29.8 Å². The molecule has 0 aliphatic heterocycles. The van der Waals surface area contributed by atoms with Gasteiger partial charge in [-0.25, -0.2) is 4.79 Å². The van der Waals surface area contributed by atoms with E-state index < -0.39 is 28.8 Å². The quantitative estimate of drug-likeness (QED) is 0.339. The number of carbonyl (C=O) groups excluding carboxylic acids is 2. The first-order valence-electron chi connectivity index (χ1n) is 13.5. The highest BCUT2D eigenvalue weighted by Gasteiger charge is 2.49. The Hall–Kier alpha value is -3.06. The average molecular weight is 526 g/mol. The van der Waals surface area contributed by atoms with Gasteiger partial charge < -0.3 is 20.1 Å². The summed E-state index contributed by atoms with van der Waals surface area (Å²) in [6.45, 7) is 18.3. The largest absolute Gasteiger partial charge is 0.489 e. The molecule has 0 aromatic heterocycles. The predicted octanol–water partition coefficient (Wildman–Crippen LogP) is 5.92. The van der Waals surface area contributed by atoms with Gasteiger partial charge in [-0.3, -0.25) is 10.1 Å². The Kier molecular flexibility index (Phi) is 10.8. The van der Waals surface area contributed by atoms with Crippen LogP contribution >= 0.6 is 0 Å². The van der Waals surface area contributed by atoms with Crippen molar-refractivity contribution in [2.75, 3.05) is 6.54 Å². The zero-order valence-corrected chi connectivity index (χ0v) is 24.6. The second-order valence-electron chi connectivity index (χ2n) is 12.2. The van der Waals surface area contributed by atoms with Crippen LogP contribution in [-0.4, -0.2) is 35.7 Å². The summed E-state index contributed by atoms with van der Waals surface area (Å²) in [6, 6.07) is 16.9. The highest BCUT2D eigenvalue weighted by atomic mass is 16.6. The van der Waals surface area contributed by atoms with E-state index in [4.69, 9.17) is 9.47 Å². The number of rotatable bonds is 11. The topological polar surface area (TPSA) is 88.7 Å². The molecule has 210 valence electrons. The molecule has 0 radical (unpaired) electrons. The van der Waals surface area contributed by atoms with Crippen molar-refractivity contribution in [2.24, 2.45) is 5.92 Å². The average Bonchev–Trinajstić information content (AvgIpc) is 2.79. The van der Waals surface area contributed by atoms with E-state index in [1.165, 1.54) is 0 Å². The maximum absolute atomic E-state index is 14.2. The van der Waals surface area contributed by atoms with Gasteiger partial charge in [0.2, 0.25) is 5.91 Å². The molecule has 38 heavy (non-hydrogen) atoms. The third-order valence-corrected chi connectivity index (χ3v) is 5.76. The van der Waals surface area contributed by atoms with Crippen molar-refractivity contribution < 1.29 is 19.1 Å². The summed E-state index contributed by atoms with van der Waals surface area (Å²) in [5.41, 5.74) is -0.700. The molecule has 0 saturated heterocycles. The first-order valence-corrected chi connectivity index (χ1v) is 13.5. The summed E-state index contributed by atoms with van der Waals surface area (Å²) >= 11 is 0. The molecule has 0 heterocycles. The molecule has 0 fully saturated rings. The standard InChI is InChI=1S/C31H47N3O4/c1-10-32-31(27(35)34-29(4,5)6,26(19-22(2)3)33-28(36)38-30(7,8)9)24-17-14-18-25(20-24)37-21-23-15-12-11-13-16-23/h11-18,20,22,26,32H,10,19,21H2,1-9H3,(H,33,36)(H,34,35). The minimum atomic E-state index is -1.28. The van der Waals surface area contributed by atoms with Crippen LogP contribution in [0.1, 0.15) is 79.9 Å². The molecule has 0 saturated carbocycles. The Labute approximate surface area is 229 Å². The molecule has 7 nitrogen and oxygen atoms in total. The highest BCUT2D eigenvalue weighted by Crippen LogP contribution is 2.33. The molecular formula is C31H47N3O4. The number of hydrogen-bond acceptors (Lipinski definition) is 5. The van der Waals surface area contributed by atoms with E-state index in [-0.39, 0.29) is 11.8 Å². The third-order valence-electron chi connectivity index (χ3n) is 5.76. The van der Waals surface area contributed by atoms with Gasteiger partial charge in [0.25, 0.3) is 0 Å². The van der Waals surface area contributed by atoms with Crippen molar-refractivity contribution in [1.82, 2.24) is 16.0 Å². The molecule has 7 heteroatoms.